The Morgan fingerprint density at radius 3 is 2.74 bits per heavy atom. The Labute approximate surface area is 196 Å². The molecule has 0 saturated carbocycles. The minimum absolute atomic E-state index is 0.0483. The van der Waals surface area contributed by atoms with Crippen LogP contribution in [-0.2, 0) is 17.3 Å². The normalized spacial score (nSPS) is 11.4. The van der Waals surface area contributed by atoms with Crippen LogP contribution >= 0.6 is 0 Å². The number of hydrogen-bond donors (Lipinski definition) is 0. The van der Waals surface area contributed by atoms with Crippen LogP contribution in [0.5, 0.6) is 0 Å². The van der Waals surface area contributed by atoms with E-state index in [2.05, 4.69) is 20.2 Å². The first-order valence-corrected chi connectivity index (χ1v) is 10.4. The van der Waals surface area contributed by atoms with E-state index in [-0.39, 0.29) is 18.0 Å². The maximum atomic E-state index is 13.1. The van der Waals surface area contributed by atoms with E-state index < -0.39 is 28.8 Å². The number of aryl methyl sites for hydroxylation is 2. The fourth-order valence-electron chi connectivity index (χ4n) is 3.19. The third-order valence-corrected chi connectivity index (χ3v) is 4.87. The fourth-order valence-corrected chi connectivity index (χ4v) is 3.19. The van der Waals surface area contributed by atoms with E-state index in [1.807, 2.05) is 0 Å². The molecule has 0 amide bonds. The number of carbonyl (C=O) groups is 1. The van der Waals surface area contributed by atoms with Crippen molar-refractivity contribution in [3.05, 3.63) is 87.9 Å². The number of hydrogen-bond acceptors (Lipinski definition) is 8. The van der Waals surface area contributed by atoms with Crippen LogP contribution < -0.4 is 5.43 Å². The number of rotatable bonds is 7. The molecular formula is C23H18F3N5O4. The molecule has 1 aromatic carbocycles. The molecule has 0 atom stereocenters. The second-order valence-corrected chi connectivity index (χ2v) is 7.45. The lowest BCUT2D eigenvalue weighted by Crippen LogP contribution is -2.24. The van der Waals surface area contributed by atoms with Crippen molar-refractivity contribution in [1.29, 1.82) is 0 Å². The topological polar surface area (TPSA) is 113 Å². The first kappa shape index (κ1) is 23.8. The number of halogens is 3. The van der Waals surface area contributed by atoms with Crippen LogP contribution in [0, 0.1) is 6.92 Å². The van der Waals surface area contributed by atoms with Crippen LogP contribution in [0.15, 0.2) is 64.2 Å². The first-order chi connectivity index (χ1) is 16.7. The van der Waals surface area contributed by atoms with E-state index in [0.29, 0.717) is 30.1 Å². The first-order valence-electron chi connectivity index (χ1n) is 10.4. The SMILES string of the molecule is Cc1cc(=O)c(C(=O)OCCCc2nc(-c3cccnc3)no2)nn1-c1cccc(C(F)(F)F)c1. The van der Waals surface area contributed by atoms with Crippen LogP contribution in [0.25, 0.3) is 17.1 Å². The number of ether oxygens (including phenoxy) is 1. The number of esters is 1. The van der Waals surface area contributed by atoms with Gasteiger partial charge in [0.2, 0.25) is 22.8 Å². The Balaban J connectivity index is 1.41. The largest absolute Gasteiger partial charge is 0.461 e. The van der Waals surface area contributed by atoms with Crippen LogP contribution in [0.4, 0.5) is 13.2 Å². The highest BCUT2D eigenvalue weighted by Crippen LogP contribution is 2.30. The molecule has 0 aliphatic carbocycles. The van der Waals surface area contributed by atoms with Crippen LogP contribution in [-0.4, -0.2) is 37.5 Å². The third kappa shape index (κ3) is 5.60. The molecule has 3 aromatic heterocycles. The Bertz CT molecular complexity index is 1400. The zero-order valence-corrected chi connectivity index (χ0v) is 18.3. The summed E-state index contributed by atoms with van der Waals surface area (Å²) in [5.41, 5.74) is -1.12. The average Bonchev–Trinajstić information content (AvgIpc) is 3.31. The monoisotopic (exact) mass is 485 g/mol. The molecule has 4 rings (SSSR count). The molecule has 180 valence electrons. The van der Waals surface area contributed by atoms with Crippen molar-refractivity contribution in [3.63, 3.8) is 0 Å². The predicted molar refractivity (Wildman–Crippen MR) is 116 cm³/mol. The van der Waals surface area contributed by atoms with Gasteiger partial charge in [-0.3, -0.25) is 9.78 Å². The van der Waals surface area contributed by atoms with Crippen molar-refractivity contribution in [3.8, 4) is 17.1 Å². The number of benzene rings is 1. The van der Waals surface area contributed by atoms with Gasteiger partial charge in [-0.1, -0.05) is 11.2 Å². The highest BCUT2D eigenvalue weighted by molar-refractivity contribution is 5.86. The minimum Gasteiger partial charge on any atom is -0.461 e. The summed E-state index contributed by atoms with van der Waals surface area (Å²) in [4.78, 5) is 33.0. The quantitative estimate of drug-likeness (QED) is 0.287. The lowest BCUT2D eigenvalue weighted by atomic mass is 10.2. The number of pyridine rings is 1. The van der Waals surface area contributed by atoms with Crippen molar-refractivity contribution in [1.82, 2.24) is 24.9 Å². The highest BCUT2D eigenvalue weighted by atomic mass is 19.4. The summed E-state index contributed by atoms with van der Waals surface area (Å²) in [6.45, 7) is 1.43. The van der Waals surface area contributed by atoms with Crippen molar-refractivity contribution in [2.24, 2.45) is 0 Å². The summed E-state index contributed by atoms with van der Waals surface area (Å²) in [6.07, 6.45) is -0.695. The fraction of sp³-hybridized carbons (Fsp3) is 0.217. The summed E-state index contributed by atoms with van der Waals surface area (Å²) < 4.78 is 50.6. The van der Waals surface area contributed by atoms with Crippen molar-refractivity contribution < 1.29 is 27.2 Å². The lowest BCUT2D eigenvalue weighted by Gasteiger charge is -2.13. The van der Waals surface area contributed by atoms with Gasteiger partial charge in [-0.15, -0.1) is 0 Å². The molecule has 12 heteroatoms. The summed E-state index contributed by atoms with van der Waals surface area (Å²) in [5, 5.41) is 7.82. The zero-order valence-electron chi connectivity index (χ0n) is 18.3. The standard InChI is InChI=1S/C23H18F3N5O4/c1-14-11-18(32)20(29-31(14)17-7-2-6-16(12-17)23(24,25)26)22(33)34-10-4-8-19-28-21(30-35-19)15-5-3-9-27-13-15/h2-3,5-7,9,11-13H,4,8,10H2,1H3. The zero-order chi connectivity index (χ0) is 25.0. The van der Waals surface area contributed by atoms with Crippen molar-refractivity contribution >= 4 is 5.97 Å². The summed E-state index contributed by atoms with van der Waals surface area (Å²) >= 11 is 0. The molecule has 0 aliphatic heterocycles. The molecule has 0 radical (unpaired) electrons. The van der Waals surface area contributed by atoms with Crippen molar-refractivity contribution in [2.75, 3.05) is 6.61 Å². The number of nitrogens with zero attached hydrogens (tertiary/aromatic N) is 5. The van der Waals surface area contributed by atoms with Gasteiger partial charge in [0.05, 0.1) is 17.9 Å². The molecule has 0 fully saturated rings. The van der Waals surface area contributed by atoms with Gasteiger partial charge in [0, 0.05) is 36.1 Å². The summed E-state index contributed by atoms with van der Waals surface area (Å²) in [7, 11) is 0. The second-order valence-electron chi connectivity index (χ2n) is 7.45. The molecule has 3 heterocycles. The smallest absolute Gasteiger partial charge is 0.416 e. The van der Waals surface area contributed by atoms with E-state index in [1.165, 1.54) is 19.1 Å². The minimum atomic E-state index is -4.55. The van der Waals surface area contributed by atoms with Crippen molar-refractivity contribution in [2.45, 2.75) is 25.9 Å². The molecule has 0 aliphatic rings. The van der Waals surface area contributed by atoms with Crippen LogP contribution in [0.1, 0.15) is 34.1 Å². The van der Waals surface area contributed by atoms with Crippen LogP contribution in [0.3, 0.4) is 0 Å². The summed E-state index contributed by atoms with van der Waals surface area (Å²) in [6, 6.07) is 9.03. The molecule has 0 saturated heterocycles. The Morgan fingerprint density at radius 2 is 2.00 bits per heavy atom. The van der Waals surface area contributed by atoms with Crippen LogP contribution in [0.2, 0.25) is 0 Å². The lowest BCUT2D eigenvalue weighted by molar-refractivity contribution is -0.137. The van der Waals surface area contributed by atoms with Gasteiger partial charge < -0.3 is 9.26 Å². The molecule has 35 heavy (non-hydrogen) atoms. The summed E-state index contributed by atoms with van der Waals surface area (Å²) in [5.74, 6) is -0.276. The highest BCUT2D eigenvalue weighted by Gasteiger charge is 2.30. The van der Waals surface area contributed by atoms with E-state index >= 15 is 0 Å². The second kappa shape index (κ2) is 9.87. The Hall–Kier alpha value is -4.35. The molecular weight excluding hydrogens is 467 g/mol. The van der Waals surface area contributed by atoms with Gasteiger partial charge in [-0.05, 0) is 43.7 Å². The van der Waals surface area contributed by atoms with Gasteiger partial charge in [-0.25, -0.2) is 9.48 Å². The maximum absolute atomic E-state index is 13.1. The van der Waals surface area contributed by atoms with Gasteiger partial charge in [0.15, 0.2) is 0 Å². The average molecular weight is 485 g/mol. The van der Waals surface area contributed by atoms with Gasteiger partial charge in [-0.2, -0.15) is 23.3 Å². The third-order valence-electron chi connectivity index (χ3n) is 4.87. The maximum Gasteiger partial charge on any atom is 0.416 e. The van der Waals surface area contributed by atoms with Gasteiger partial charge in [0.1, 0.15) is 0 Å². The van der Waals surface area contributed by atoms with E-state index in [0.717, 1.165) is 22.9 Å². The number of aromatic nitrogens is 5. The molecule has 0 N–H and O–H groups in total. The predicted octanol–water partition coefficient (Wildman–Crippen LogP) is 3.79. The number of carbonyl (C=O) groups excluding carboxylic acids is 1. The van der Waals surface area contributed by atoms with E-state index in [4.69, 9.17) is 9.26 Å². The molecule has 4 aromatic rings. The molecule has 9 nitrogen and oxygen atoms in total. The molecule has 0 bridgehead atoms. The Kier molecular flexibility index (Phi) is 6.71. The molecule has 0 spiro atoms. The molecule has 0 unspecified atom stereocenters. The van der Waals surface area contributed by atoms with E-state index in [9.17, 15) is 22.8 Å². The van der Waals surface area contributed by atoms with Gasteiger partial charge in [0.25, 0.3) is 0 Å². The van der Waals surface area contributed by atoms with Gasteiger partial charge >= 0.3 is 12.1 Å². The Morgan fingerprint density at radius 1 is 1.17 bits per heavy atom. The van der Waals surface area contributed by atoms with E-state index in [1.54, 1.807) is 24.5 Å². The number of alkyl halides is 3.